The summed E-state index contributed by atoms with van der Waals surface area (Å²) in [5, 5.41) is -1.22. The average Bonchev–Trinajstić information content (AvgIpc) is 4.21. The SMILES string of the molecule is CCC(=O)C(CCSSC(C)(C)CN(CCOCCOCCOC)c1cc(COc2cc3c(cc2C)C(=O)N2c4ccccc4C[C@H]2CC3)cc(COc2cc3c(cc2OC)C(=O)N2c4ccccc4C[C@H]2CN3C)c1)S(=O)(=O)OC. The Labute approximate surface area is 485 Å². The summed E-state index contributed by atoms with van der Waals surface area (Å²) in [6, 6.07) is 30.4. The summed E-state index contributed by atoms with van der Waals surface area (Å²) >= 11 is 0. The zero-order valence-corrected chi connectivity index (χ0v) is 50.3. The maximum absolute atomic E-state index is 14.4. The fraction of sp³-hybridized carbons (Fsp3) is 0.468. The van der Waals surface area contributed by atoms with Gasteiger partial charge in [-0.05, 0) is 135 Å². The molecule has 5 aromatic rings. The van der Waals surface area contributed by atoms with Gasteiger partial charge in [0.25, 0.3) is 21.9 Å². The first-order chi connectivity index (χ1) is 39.0. The Hall–Kier alpha value is -5.80. The second kappa shape index (κ2) is 26.6. The van der Waals surface area contributed by atoms with E-state index in [-0.39, 0.29) is 55.7 Å². The highest BCUT2D eigenvalue weighted by molar-refractivity contribution is 8.77. The molecule has 16 nitrogen and oxygen atoms in total. The standard InChI is InChI=1S/C62H76N4O12S3/c1-9-55(67)59(81(70,71)74-8)20-27-79-80-62(3,4)40-64(21-22-75-25-26-76-24-23-72-6)48-30-42(38-77-56-34-44-18-19-47-32-45-14-10-12-16-52(45)65(47)60(68)50(44)28-41(56)2)29-43(31-48)39-78-58-36-54-51(35-57(58)73-7)61(69)66-49(37-63(54)5)33-46-15-11-13-17-53(46)66/h10-17,28-31,34-36,47,49,59H,9,18-27,32-33,37-40H2,1-8H3/t47-,49+,59?/m1/s1. The van der Waals surface area contributed by atoms with Crippen molar-refractivity contribution in [2.24, 2.45) is 0 Å². The summed E-state index contributed by atoms with van der Waals surface area (Å²) in [6.45, 7) is 12.2. The number of hydrogen-bond acceptors (Lipinski definition) is 16. The predicted molar refractivity (Wildman–Crippen MR) is 322 cm³/mol. The summed E-state index contributed by atoms with van der Waals surface area (Å²) < 4.78 is 66.3. The number of hydrogen-bond donors (Lipinski definition) is 0. The minimum Gasteiger partial charge on any atom is -0.493 e. The van der Waals surface area contributed by atoms with E-state index in [1.165, 1.54) is 16.4 Å². The fourth-order valence-corrected chi connectivity index (χ4v) is 15.3. The lowest BCUT2D eigenvalue weighted by Gasteiger charge is -2.34. The molecule has 0 bridgehead atoms. The second-order valence-electron chi connectivity index (χ2n) is 21.7. The highest BCUT2D eigenvalue weighted by atomic mass is 33.1. The fourth-order valence-electron chi connectivity index (χ4n) is 11.5. The number of aryl methyl sites for hydroxylation is 2. The quantitative estimate of drug-likeness (QED) is 0.0264. The van der Waals surface area contributed by atoms with Crippen LogP contribution in [0.5, 0.6) is 17.2 Å². The van der Waals surface area contributed by atoms with Gasteiger partial charge in [-0.15, -0.1) is 0 Å². The van der Waals surface area contributed by atoms with Crippen molar-refractivity contribution in [1.82, 2.24) is 0 Å². The Kier molecular flexibility index (Phi) is 19.7. The van der Waals surface area contributed by atoms with Crippen LogP contribution in [0.25, 0.3) is 0 Å². The van der Waals surface area contributed by atoms with Gasteiger partial charge in [-0.25, -0.2) is 0 Å². The van der Waals surface area contributed by atoms with E-state index >= 15 is 0 Å². The Morgan fingerprint density at radius 3 is 2.04 bits per heavy atom. The maximum Gasteiger partial charge on any atom is 0.277 e. The zero-order valence-electron chi connectivity index (χ0n) is 47.8. The maximum atomic E-state index is 14.4. The molecule has 0 aromatic heterocycles. The molecule has 0 saturated heterocycles. The number of benzene rings is 5. The van der Waals surface area contributed by atoms with Crippen molar-refractivity contribution in [3.8, 4) is 17.2 Å². The van der Waals surface area contributed by atoms with E-state index in [9.17, 15) is 22.8 Å². The number of likely N-dealkylation sites (N-methyl/N-ethyl adjacent to an activating group) is 1. The van der Waals surface area contributed by atoms with Crippen molar-refractivity contribution in [3.63, 3.8) is 0 Å². The number of rotatable bonds is 28. The number of ketones is 1. The number of para-hydroxylation sites is 2. The van der Waals surface area contributed by atoms with Crippen LogP contribution in [0.1, 0.15) is 94.1 Å². The van der Waals surface area contributed by atoms with Crippen LogP contribution in [0.3, 0.4) is 0 Å². The van der Waals surface area contributed by atoms with E-state index in [0.717, 1.165) is 83.4 Å². The van der Waals surface area contributed by atoms with E-state index in [1.807, 2.05) is 78.4 Å². The van der Waals surface area contributed by atoms with Crippen molar-refractivity contribution < 1.29 is 55.4 Å². The predicted octanol–water partition coefficient (Wildman–Crippen LogP) is 10.1. The molecule has 3 atom stereocenters. The highest BCUT2D eigenvalue weighted by Crippen LogP contribution is 2.44. The molecule has 4 heterocycles. The molecule has 0 N–H and O–H groups in total. The average molecular weight is 1170 g/mol. The van der Waals surface area contributed by atoms with Crippen molar-refractivity contribution in [2.75, 3.05) is 106 Å². The van der Waals surface area contributed by atoms with Crippen LogP contribution >= 0.6 is 21.6 Å². The number of nitrogens with zero attached hydrogens (tertiary/aromatic N) is 4. The molecular weight excluding hydrogens is 1090 g/mol. The molecular formula is C62H76N4O12S3. The number of methoxy groups -OCH3 is 2. The largest absolute Gasteiger partial charge is 0.493 e. The molecule has 434 valence electrons. The first kappa shape index (κ1) is 59.8. The molecule has 5 aromatic carbocycles. The van der Waals surface area contributed by atoms with Crippen molar-refractivity contribution in [2.45, 2.75) is 102 Å². The Bertz CT molecular complexity index is 3190. The Morgan fingerprint density at radius 2 is 1.37 bits per heavy atom. The molecule has 0 spiro atoms. The third-order valence-electron chi connectivity index (χ3n) is 15.5. The van der Waals surface area contributed by atoms with Crippen LogP contribution in [0.15, 0.2) is 91.0 Å². The topological polar surface area (TPSA) is 163 Å². The second-order valence-corrected chi connectivity index (χ2v) is 26.7. The van der Waals surface area contributed by atoms with E-state index in [1.54, 1.807) is 38.0 Å². The Morgan fingerprint density at radius 1 is 0.741 bits per heavy atom. The number of carbonyl (C=O) groups is 3. The zero-order chi connectivity index (χ0) is 57.4. The minimum absolute atomic E-state index is 0.0212. The molecule has 0 radical (unpaired) electrons. The van der Waals surface area contributed by atoms with Crippen LogP contribution in [-0.4, -0.2) is 135 Å². The summed E-state index contributed by atoms with van der Waals surface area (Å²) in [5.74, 6) is 1.64. The molecule has 0 aliphatic carbocycles. The van der Waals surface area contributed by atoms with Crippen molar-refractivity contribution >= 4 is 72.1 Å². The normalized spacial score (nSPS) is 16.9. The van der Waals surface area contributed by atoms with Crippen LogP contribution < -0.4 is 33.8 Å². The lowest BCUT2D eigenvalue weighted by Crippen LogP contribution is -2.41. The van der Waals surface area contributed by atoms with Crippen LogP contribution in [0.2, 0.25) is 0 Å². The molecule has 1 unspecified atom stereocenters. The van der Waals surface area contributed by atoms with Crippen LogP contribution in [0.4, 0.5) is 22.7 Å². The number of anilines is 4. The molecule has 0 saturated carbocycles. The van der Waals surface area contributed by atoms with Gasteiger partial charge >= 0.3 is 0 Å². The number of Topliss-reactive ketones (excluding diaryl/α,β-unsaturated/α-hetero) is 1. The molecule has 9 rings (SSSR count). The summed E-state index contributed by atoms with van der Waals surface area (Å²) in [6.07, 6.45) is 3.44. The van der Waals surface area contributed by atoms with Gasteiger partial charge in [0.1, 0.15) is 24.2 Å². The number of ether oxygens (including phenoxy) is 6. The first-order valence-corrected chi connectivity index (χ1v) is 31.6. The molecule has 4 aliphatic rings. The van der Waals surface area contributed by atoms with Crippen molar-refractivity contribution in [1.29, 1.82) is 0 Å². The number of fused-ring (bicyclic) bond motifs is 8. The van der Waals surface area contributed by atoms with Gasteiger partial charge in [-0.2, -0.15) is 8.42 Å². The molecule has 4 aliphatic heterocycles. The van der Waals surface area contributed by atoms with Gasteiger partial charge in [-0.1, -0.05) is 64.9 Å². The van der Waals surface area contributed by atoms with E-state index in [4.69, 9.17) is 32.6 Å². The van der Waals surface area contributed by atoms with Gasteiger partial charge in [0.2, 0.25) is 0 Å². The molecule has 2 amide bonds. The summed E-state index contributed by atoms with van der Waals surface area (Å²) in [4.78, 5) is 49.8. The summed E-state index contributed by atoms with van der Waals surface area (Å²) in [5.41, 5.74) is 10.8. The molecule has 19 heteroatoms. The van der Waals surface area contributed by atoms with Crippen LogP contribution in [-0.2, 0) is 65.8 Å². The van der Waals surface area contributed by atoms with Gasteiger partial charge in [0.05, 0.1) is 64.5 Å². The smallest absolute Gasteiger partial charge is 0.277 e. The van der Waals surface area contributed by atoms with Crippen LogP contribution in [0, 0.1) is 6.92 Å². The first-order valence-electron chi connectivity index (χ1n) is 27.8. The van der Waals surface area contributed by atoms with E-state index in [2.05, 4.69) is 54.0 Å². The van der Waals surface area contributed by atoms with Gasteiger partial charge < -0.3 is 48.0 Å². The lowest BCUT2D eigenvalue weighted by atomic mass is 9.98. The third kappa shape index (κ3) is 13.8. The van der Waals surface area contributed by atoms with E-state index in [0.29, 0.717) is 86.8 Å². The van der Waals surface area contributed by atoms with Gasteiger partial charge in [-0.3, -0.25) is 18.6 Å². The number of carbonyl (C=O) groups excluding carboxylic acids is 3. The molecule has 81 heavy (non-hydrogen) atoms. The number of amides is 2. The third-order valence-corrected chi connectivity index (χ3v) is 20.4. The monoisotopic (exact) mass is 1160 g/mol. The van der Waals surface area contributed by atoms with Gasteiger partial charge in [0.15, 0.2) is 17.3 Å². The minimum atomic E-state index is -4.04. The van der Waals surface area contributed by atoms with Crippen molar-refractivity contribution in [3.05, 3.63) is 136 Å². The Balaban J connectivity index is 1.00. The lowest BCUT2D eigenvalue weighted by molar-refractivity contribution is -0.118. The van der Waals surface area contributed by atoms with Gasteiger partial charge in [0, 0.05) is 85.4 Å². The highest BCUT2D eigenvalue weighted by Gasteiger charge is 2.40. The summed E-state index contributed by atoms with van der Waals surface area (Å²) in [7, 11) is 5.45. The molecule has 0 fully saturated rings. The van der Waals surface area contributed by atoms with E-state index < -0.39 is 20.1 Å².